The van der Waals surface area contributed by atoms with E-state index < -0.39 is 12.6 Å². The van der Waals surface area contributed by atoms with Gasteiger partial charge in [0.05, 0.1) is 15.9 Å². The molecule has 0 atom stereocenters. The Morgan fingerprint density at radius 2 is 2.07 bits per heavy atom. The molecule has 0 saturated carbocycles. The Kier molecular flexibility index (Phi) is 4.89. The highest BCUT2D eigenvalue weighted by molar-refractivity contribution is 7.20. The molecule has 4 aromatic rings. The SMILES string of the molecule is N#C/C(=C(/O)COC(=O)c1csc(-c2cccs2)n1)c1nc2ccccc2[nH]1. The molecule has 0 bridgehead atoms. The molecule has 0 aliphatic heterocycles. The number of allylic oxidation sites excluding steroid dienone is 1. The van der Waals surface area contributed by atoms with Crippen molar-refractivity contribution in [3.05, 3.63) is 64.4 Å². The molecular weight excluding hydrogens is 396 g/mol. The highest BCUT2D eigenvalue weighted by Crippen LogP contribution is 2.28. The summed E-state index contributed by atoms with van der Waals surface area (Å²) < 4.78 is 5.11. The van der Waals surface area contributed by atoms with E-state index in [0.29, 0.717) is 5.52 Å². The number of hydrogen-bond donors (Lipinski definition) is 2. The van der Waals surface area contributed by atoms with Crippen LogP contribution in [0, 0.1) is 11.3 Å². The van der Waals surface area contributed by atoms with Gasteiger partial charge in [-0.05, 0) is 23.6 Å². The number of esters is 1. The van der Waals surface area contributed by atoms with Gasteiger partial charge in [0.2, 0.25) is 0 Å². The number of imidazole rings is 1. The number of carbonyl (C=O) groups excluding carboxylic acids is 1. The first kappa shape index (κ1) is 17.9. The minimum Gasteiger partial charge on any atom is -0.507 e. The maximum absolute atomic E-state index is 12.2. The van der Waals surface area contributed by atoms with Crippen LogP contribution in [-0.2, 0) is 4.74 Å². The van der Waals surface area contributed by atoms with Crippen molar-refractivity contribution < 1.29 is 14.6 Å². The average molecular weight is 408 g/mol. The lowest BCUT2D eigenvalue weighted by Gasteiger charge is -2.04. The van der Waals surface area contributed by atoms with Gasteiger partial charge in [0, 0.05) is 5.38 Å². The van der Waals surface area contributed by atoms with Crippen LogP contribution in [0.5, 0.6) is 0 Å². The van der Waals surface area contributed by atoms with Crippen LogP contribution in [0.15, 0.2) is 52.9 Å². The number of aromatic amines is 1. The predicted octanol–water partition coefficient (Wildman–Crippen LogP) is 4.40. The molecule has 2 N–H and O–H groups in total. The summed E-state index contributed by atoms with van der Waals surface area (Å²) in [4.78, 5) is 24.7. The third-order valence-corrected chi connectivity index (χ3v) is 5.69. The largest absolute Gasteiger partial charge is 0.507 e. The summed E-state index contributed by atoms with van der Waals surface area (Å²) >= 11 is 2.86. The van der Waals surface area contributed by atoms with Gasteiger partial charge in [-0.3, -0.25) is 0 Å². The summed E-state index contributed by atoms with van der Waals surface area (Å²) in [7, 11) is 0. The van der Waals surface area contributed by atoms with E-state index in [1.165, 1.54) is 22.7 Å². The van der Waals surface area contributed by atoms with Gasteiger partial charge in [-0.15, -0.1) is 22.7 Å². The first-order valence-electron chi connectivity index (χ1n) is 8.09. The Morgan fingerprint density at radius 1 is 1.21 bits per heavy atom. The molecule has 0 spiro atoms. The molecule has 3 aromatic heterocycles. The topological polar surface area (TPSA) is 112 Å². The molecule has 0 amide bonds. The predicted molar refractivity (Wildman–Crippen MR) is 107 cm³/mol. The molecule has 0 fully saturated rings. The van der Waals surface area contributed by atoms with Crippen molar-refractivity contribution in [3.8, 4) is 16.0 Å². The van der Waals surface area contributed by atoms with Gasteiger partial charge >= 0.3 is 5.97 Å². The molecule has 0 radical (unpaired) electrons. The maximum atomic E-state index is 12.2. The number of fused-ring (bicyclic) bond motifs is 1. The third kappa shape index (κ3) is 3.51. The Balaban J connectivity index is 1.49. The number of aliphatic hydroxyl groups excluding tert-OH is 1. The Bertz CT molecular complexity index is 1180. The van der Waals surface area contributed by atoms with Gasteiger partial charge in [0.15, 0.2) is 17.3 Å². The summed E-state index contributed by atoms with van der Waals surface area (Å²) in [5.41, 5.74) is 1.47. The summed E-state index contributed by atoms with van der Waals surface area (Å²) in [6, 6.07) is 13.0. The van der Waals surface area contributed by atoms with Crippen molar-refractivity contribution >= 4 is 45.2 Å². The van der Waals surface area contributed by atoms with E-state index in [9.17, 15) is 15.2 Å². The lowest BCUT2D eigenvalue weighted by molar-refractivity contribution is 0.0497. The second-order valence-electron chi connectivity index (χ2n) is 5.63. The molecule has 0 aliphatic carbocycles. The Morgan fingerprint density at radius 3 is 2.82 bits per heavy atom. The molecule has 3 heterocycles. The number of nitrogens with zero attached hydrogens (tertiary/aromatic N) is 3. The fourth-order valence-corrected chi connectivity index (χ4v) is 4.09. The van der Waals surface area contributed by atoms with Crippen molar-refractivity contribution in [1.82, 2.24) is 15.0 Å². The third-order valence-electron chi connectivity index (χ3n) is 3.81. The first-order chi connectivity index (χ1) is 13.7. The number of benzene rings is 1. The van der Waals surface area contributed by atoms with Crippen molar-refractivity contribution in [2.75, 3.05) is 6.61 Å². The van der Waals surface area contributed by atoms with Gasteiger partial charge in [-0.1, -0.05) is 18.2 Å². The number of carbonyl (C=O) groups is 1. The van der Waals surface area contributed by atoms with E-state index in [2.05, 4.69) is 15.0 Å². The Hall–Kier alpha value is -3.48. The number of nitriles is 1. The zero-order valence-electron chi connectivity index (χ0n) is 14.2. The summed E-state index contributed by atoms with van der Waals surface area (Å²) in [6.07, 6.45) is 0. The van der Waals surface area contributed by atoms with Crippen molar-refractivity contribution in [2.24, 2.45) is 0 Å². The lowest BCUT2D eigenvalue weighted by Crippen LogP contribution is -2.09. The van der Waals surface area contributed by atoms with Crippen LogP contribution in [0.3, 0.4) is 0 Å². The van der Waals surface area contributed by atoms with E-state index in [1.54, 1.807) is 11.4 Å². The molecular formula is C19H12N4O3S2. The first-order valence-corrected chi connectivity index (χ1v) is 9.85. The maximum Gasteiger partial charge on any atom is 0.358 e. The van der Waals surface area contributed by atoms with Crippen molar-refractivity contribution in [1.29, 1.82) is 5.26 Å². The van der Waals surface area contributed by atoms with Crippen LogP contribution < -0.4 is 0 Å². The minimum absolute atomic E-state index is 0.0819. The van der Waals surface area contributed by atoms with Crippen LogP contribution in [0.4, 0.5) is 0 Å². The molecule has 0 aliphatic rings. The smallest absolute Gasteiger partial charge is 0.358 e. The number of aromatic nitrogens is 3. The Labute approximate surface area is 167 Å². The number of ether oxygens (including phenoxy) is 1. The fraction of sp³-hybridized carbons (Fsp3) is 0.0526. The standard InChI is InChI=1S/C19H12N4O3S2/c20-8-11(17-21-12-4-1-2-5-13(12)22-17)15(24)9-26-19(25)14-10-28-18(23-14)16-6-3-7-27-16/h1-7,10,24H,9H2,(H,21,22)/b15-11-. The van der Waals surface area contributed by atoms with Gasteiger partial charge in [-0.2, -0.15) is 5.26 Å². The molecule has 138 valence electrons. The number of H-pyrrole nitrogens is 1. The molecule has 28 heavy (non-hydrogen) atoms. The second-order valence-corrected chi connectivity index (χ2v) is 7.43. The van der Waals surface area contributed by atoms with Crippen LogP contribution in [0.25, 0.3) is 26.5 Å². The van der Waals surface area contributed by atoms with Gasteiger partial charge in [0.1, 0.15) is 23.3 Å². The van der Waals surface area contributed by atoms with Crippen LogP contribution >= 0.6 is 22.7 Å². The number of hydrogen-bond acceptors (Lipinski definition) is 8. The van der Waals surface area contributed by atoms with Gasteiger partial charge in [0.25, 0.3) is 0 Å². The number of aliphatic hydroxyl groups is 1. The molecule has 4 rings (SSSR count). The molecule has 0 saturated heterocycles. The second kappa shape index (κ2) is 7.64. The highest BCUT2D eigenvalue weighted by Gasteiger charge is 2.17. The fourth-order valence-electron chi connectivity index (χ4n) is 2.49. The molecule has 1 aromatic carbocycles. The summed E-state index contributed by atoms with van der Waals surface area (Å²) in [5, 5.41) is 23.9. The normalized spacial score (nSPS) is 11.8. The monoisotopic (exact) mass is 408 g/mol. The number of rotatable bonds is 5. The molecule has 0 unspecified atom stereocenters. The van der Waals surface area contributed by atoms with Crippen molar-refractivity contribution in [2.45, 2.75) is 0 Å². The quantitative estimate of drug-likeness (QED) is 0.288. The summed E-state index contributed by atoms with van der Waals surface area (Å²) in [6.45, 7) is -0.454. The molecule has 9 heteroatoms. The number of thiazole rings is 1. The van der Waals surface area contributed by atoms with Crippen molar-refractivity contribution in [3.63, 3.8) is 0 Å². The zero-order valence-corrected chi connectivity index (χ0v) is 15.9. The van der Waals surface area contributed by atoms with Gasteiger partial charge < -0.3 is 14.8 Å². The highest BCUT2D eigenvalue weighted by atomic mass is 32.1. The van der Waals surface area contributed by atoms with E-state index in [0.717, 1.165) is 15.4 Å². The van der Waals surface area contributed by atoms with Crippen LogP contribution in [0.1, 0.15) is 16.3 Å². The number of thiophene rings is 1. The van der Waals surface area contributed by atoms with E-state index in [-0.39, 0.29) is 22.9 Å². The van der Waals surface area contributed by atoms with Crippen LogP contribution in [-0.4, -0.2) is 32.6 Å². The van der Waals surface area contributed by atoms with E-state index >= 15 is 0 Å². The molecule has 7 nitrogen and oxygen atoms in total. The van der Waals surface area contributed by atoms with Crippen LogP contribution in [0.2, 0.25) is 0 Å². The zero-order chi connectivity index (χ0) is 19.5. The average Bonchev–Trinajstić information content (AvgIpc) is 3.46. The minimum atomic E-state index is -0.674. The lowest BCUT2D eigenvalue weighted by atomic mass is 10.2. The summed E-state index contributed by atoms with van der Waals surface area (Å²) in [5.74, 6) is -0.845. The van der Waals surface area contributed by atoms with E-state index in [1.807, 2.05) is 41.8 Å². The van der Waals surface area contributed by atoms with Gasteiger partial charge in [-0.25, -0.2) is 14.8 Å². The van der Waals surface area contributed by atoms with E-state index in [4.69, 9.17) is 4.74 Å². The number of nitrogens with one attached hydrogen (secondary N) is 1. The number of para-hydroxylation sites is 2.